The molecule has 0 aromatic heterocycles. The molecule has 0 amide bonds. The summed E-state index contributed by atoms with van der Waals surface area (Å²) in [5.41, 5.74) is 7.34. The van der Waals surface area contributed by atoms with E-state index in [1.165, 1.54) is 7.11 Å². The molecule has 17 heavy (non-hydrogen) atoms. The van der Waals surface area contributed by atoms with Crippen molar-refractivity contribution in [3.8, 4) is 11.5 Å². The lowest BCUT2D eigenvalue weighted by Crippen LogP contribution is -2.33. The van der Waals surface area contributed by atoms with Gasteiger partial charge in [0, 0.05) is 21.7 Å². The van der Waals surface area contributed by atoms with Gasteiger partial charge in [0.25, 0.3) is 0 Å². The zero-order valence-electron chi connectivity index (χ0n) is 10.2. The van der Waals surface area contributed by atoms with E-state index in [1.807, 2.05) is 6.92 Å². The number of nitrogens with two attached hydrogens (primary N) is 1. The van der Waals surface area contributed by atoms with Crippen molar-refractivity contribution in [1.82, 2.24) is 0 Å². The largest absolute Gasteiger partial charge is 0.504 e. The molecule has 0 saturated heterocycles. The Balaban J connectivity index is 2.58. The highest BCUT2D eigenvalue weighted by Gasteiger charge is 2.35. The van der Waals surface area contributed by atoms with Gasteiger partial charge in [-0.3, -0.25) is 0 Å². The monoisotopic (exact) mass is 255 g/mol. The second-order valence-electron chi connectivity index (χ2n) is 4.78. The maximum absolute atomic E-state index is 10.3. The van der Waals surface area contributed by atoms with Crippen LogP contribution in [-0.4, -0.2) is 12.2 Å². The van der Waals surface area contributed by atoms with Crippen LogP contribution in [0.3, 0.4) is 0 Å². The quantitative estimate of drug-likeness (QED) is 0.854. The summed E-state index contributed by atoms with van der Waals surface area (Å²) in [4.78, 5) is 0. The third kappa shape index (κ3) is 1.98. The van der Waals surface area contributed by atoms with Crippen LogP contribution in [0.1, 0.15) is 36.8 Å². The number of aromatic hydroxyl groups is 1. The Morgan fingerprint density at radius 3 is 2.53 bits per heavy atom. The highest BCUT2D eigenvalue weighted by Crippen LogP contribution is 2.46. The molecule has 1 aromatic carbocycles. The lowest BCUT2D eigenvalue weighted by molar-refractivity contribution is 0.353. The highest BCUT2D eigenvalue weighted by molar-refractivity contribution is 6.31. The number of benzene rings is 1. The molecule has 0 unspecified atom stereocenters. The van der Waals surface area contributed by atoms with Crippen LogP contribution in [0.4, 0.5) is 0 Å². The lowest BCUT2D eigenvalue weighted by Gasteiger charge is -2.27. The molecule has 0 atom stereocenters. The molecule has 94 valence electrons. The van der Waals surface area contributed by atoms with E-state index >= 15 is 0 Å². The minimum atomic E-state index is -0.464. The average molecular weight is 256 g/mol. The number of hydrogen-bond acceptors (Lipinski definition) is 3. The molecule has 4 heteroatoms. The Bertz CT molecular complexity index is 440. The van der Waals surface area contributed by atoms with Gasteiger partial charge in [0.05, 0.1) is 7.11 Å². The van der Waals surface area contributed by atoms with E-state index in [1.54, 1.807) is 6.07 Å². The summed E-state index contributed by atoms with van der Waals surface area (Å²) in [5.74, 6) is 0.572. The summed E-state index contributed by atoms with van der Waals surface area (Å²) in [7, 11) is 1.53. The molecule has 1 aromatic rings. The average Bonchev–Trinajstić information content (AvgIpc) is 2.72. The first-order valence-corrected chi connectivity index (χ1v) is 6.23. The van der Waals surface area contributed by atoms with Crippen LogP contribution < -0.4 is 10.5 Å². The van der Waals surface area contributed by atoms with Crippen LogP contribution in [0.5, 0.6) is 11.5 Å². The fourth-order valence-corrected chi connectivity index (χ4v) is 2.81. The molecule has 1 aliphatic rings. The van der Waals surface area contributed by atoms with E-state index < -0.39 is 5.54 Å². The fraction of sp³-hybridized carbons (Fsp3) is 0.538. The van der Waals surface area contributed by atoms with E-state index in [0.29, 0.717) is 16.3 Å². The molecule has 1 saturated carbocycles. The number of halogens is 1. The number of ether oxygens (including phenoxy) is 1. The second-order valence-corrected chi connectivity index (χ2v) is 5.18. The molecule has 0 radical (unpaired) electrons. The SMILES string of the molecule is COc1c(C)c(Cl)cc(C2(N)CCCC2)c1O. The number of phenols is 1. The van der Waals surface area contributed by atoms with Gasteiger partial charge in [-0.2, -0.15) is 0 Å². The van der Waals surface area contributed by atoms with Crippen molar-refractivity contribution >= 4 is 11.6 Å². The van der Waals surface area contributed by atoms with Crippen LogP contribution in [0, 0.1) is 6.92 Å². The van der Waals surface area contributed by atoms with Crippen molar-refractivity contribution in [3.05, 3.63) is 22.2 Å². The van der Waals surface area contributed by atoms with Crippen LogP contribution in [-0.2, 0) is 5.54 Å². The van der Waals surface area contributed by atoms with Gasteiger partial charge in [0.1, 0.15) is 0 Å². The predicted molar refractivity (Wildman–Crippen MR) is 68.7 cm³/mol. The first-order valence-electron chi connectivity index (χ1n) is 5.85. The Morgan fingerprint density at radius 2 is 2.00 bits per heavy atom. The molecule has 3 nitrogen and oxygen atoms in total. The first-order chi connectivity index (χ1) is 7.99. The Labute approximate surface area is 107 Å². The Kier molecular flexibility index (Phi) is 3.23. The van der Waals surface area contributed by atoms with E-state index in [9.17, 15) is 5.11 Å². The zero-order chi connectivity index (χ0) is 12.6. The number of rotatable bonds is 2. The molecule has 2 rings (SSSR count). The summed E-state index contributed by atoms with van der Waals surface area (Å²) < 4.78 is 5.21. The molecule has 1 aliphatic carbocycles. The number of phenolic OH excluding ortho intramolecular Hbond substituents is 1. The molecule has 0 bridgehead atoms. The van der Waals surface area contributed by atoms with Crippen molar-refractivity contribution in [2.75, 3.05) is 7.11 Å². The van der Waals surface area contributed by atoms with Crippen molar-refractivity contribution < 1.29 is 9.84 Å². The van der Waals surface area contributed by atoms with Gasteiger partial charge in [-0.15, -0.1) is 0 Å². The minimum absolute atomic E-state index is 0.138. The standard InChI is InChI=1S/C13H18ClNO2/c1-8-10(14)7-9(11(16)12(8)17-2)13(15)5-3-4-6-13/h7,16H,3-6,15H2,1-2H3. The Hall–Kier alpha value is -0.930. The Morgan fingerprint density at radius 1 is 1.41 bits per heavy atom. The third-order valence-corrected chi connectivity index (χ3v) is 4.07. The lowest BCUT2D eigenvalue weighted by atomic mass is 9.87. The first kappa shape index (κ1) is 12.5. The van der Waals surface area contributed by atoms with Crippen molar-refractivity contribution in [2.24, 2.45) is 5.73 Å². The van der Waals surface area contributed by atoms with Crippen LogP contribution in [0.2, 0.25) is 5.02 Å². The second kappa shape index (κ2) is 4.39. The highest BCUT2D eigenvalue weighted by atomic mass is 35.5. The number of hydrogen-bond donors (Lipinski definition) is 2. The molecule has 0 heterocycles. The maximum atomic E-state index is 10.3. The van der Waals surface area contributed by atoms with Crippen LogP contribution in [0.25, 0.3) is 0 Å². The fourth-order valence-electron chi connectivity index (χ4n) is 2.62. The van der Waals surface area contributed by atoms with Crippen molar-refractivity contribution in [3.63, 3.8) is 0 Å². The maximum Gasteiger partial charge on any atom is 0.165 e. The van der Waals surface area contributed by atoms with Crippen LogP contribution in [0.15, 0.2) is 6.07 Å². The third-order valence-electron chi connectivity index (χ3n) is 3.68. The smallest absolute Gasteiger partial charge is 0.165 e. The summed E-state index contributed by atoms with van der Waals surface area (Å²) in [6.07, 6.45) is 3.93. The predicted octanol–water partition coefficient (Wildman–Crippen LogP) is 3.09. The molecule has 3 N–H and O–H groups in total. The molecular weight excluding hydrogens is 238 g/mol. The van der Waals surface area contributed by atoms with Gasteiger partial charge in [-0.05, 0) is 25.8 Å². The number of methoxy groups -OCH3 is 1. The van der Waals surface area contributed by atoms with E-state index in [0.717, 1.165) is 31.2 Å². The van der Waals surface area contributed by atoms with Crippen molar-refractivity contribution in [1.29, 1.82) is 0 Å². The summed E-state index contributed by atoms with van der Waals surface area (Å²) in [6, 6.07) is 1.78. The van der Waals surface area contributed by atoms with E-state index in [4.69, 9.17) is 22.1 Å². The topological polar surface area (TPSA) is 55.5 Å². The molecular formula is C13H18ClNO2. The zero-order valence-corrected chi connectivity index (χ0v) is 11.0. The van der Waals surface area contributed by atoms with Crippen molar-refractivity contribution in [2.45, 2.75) is 38.1 Å². The van der Waals surface area contributed by atoms with Crippen LogP contribution >= 0.6 is 11.6 Å². The van der Waals surface area contributed by atoms with Gasteiger partial charge in [0.2, 0.25) is 0 Å². The summed E-state index contributed by atoms with van der Waals surface area (Å²) in [6.45, 7) is 1.82. The summed E-state index contributed by atoms with van der Waals surface area (Å²) >= 11 is 6.16. The van der Waals surface area contributed by atoms with Gasteiger partial charge in [0.15, 0.2) is 11.5 Å². The van der Waals surface area contributed by atoms with Gasteiger partial charge in [-0.1, -0.05) is 24.4 Å². The molecule has 0 spiro atoms. The van der Waals surface area contributed by atoms with E-state index in [2.05, 4.69) is 0 Å². The minimum Gasteiger partial charge on any atom is -0.504 e. The normalized spacial score (nSPS) is 18.4. The van der Waals surface area contributed by atoms with Gasteiger partial charge < -0.3 is 15.6 Å². The van der Waals surface area contributed by atoms with Gasteiger partial charge in [-0.25, -0.2) is 0 Å². The van der Waals surface area contributed by atoms with Gasteiger partial charge >= 0.3 is 0 Å². The summed E-state index contributed by atoms with van der Waals surface area (Å²) in [5, 5.41) is 10.8. The molecule has 0 aliphatic heterocycles. The molecule has 1 fully saturated rings. The van der Waals surface area contributed by atoms with E-state index in [-0.39, 0.29) is 5.75 Å².